The van der Waals surface area contributed by atoms with Gasteiger partial charge in [0.1, 0.15) is 10.9 Å². The maximum Gasteiger partial charge on any atom is 0.185 e. The molecule has 0 amide bonds. The molecule has 0 atom stereocenters. The van der Waals surface area contributed by atoms with Crippen LogP contribution in [0, 0.1) is 0 Å². The summed E-state index contributed by atoms with van der Waals surface area (Å²) in [7, 11) is 0. The number of hydrogen-bond acceptors (Lipinski definition) is 4. The SMILES string of the molecule is CCCCOc1ccc(-c2nnc3ccc(Cl)nn23)cc1. The Kier molecular flexibility index (Phi) is 4.01. The van der Waals surface area contributed by atoms with Gasteiger partial charge in [0.2, 0.25) is 0 Å². The van der Waals surface area contributed by atoms with Crippen LogP contribution in [0.4, 0.5) is 0 Å². The highest BCUT2D eigenvalue weighted by molar-refractivity contribution is 6.29. The topological polar surface area (TPSA) is 52.3 Å². The Balaban J connectivity index is 1.87. The predicted octanol–water partition coefficient (Wildman–Crippen LogP) is 3.62. The third-order valence-corrected chi connectivity index (χ3v) is 3.31. The molecule has 0 aliphatic rings. The summed E-state index contributed by atoms with van der Waals surface area (Å²) in [6, 6.07) is 11.2. The van der Waals surface area contributed by atoms with Crippen molar-refractivity contribution in [2.75, 3.05) is 6.61 Å². The molecule has 0 radical (unpaired) electrons. The van der Waals surface area contributed by atoms with Crippen LogP contribution in [0.15, 0.2) is 36.4 Å². The molecule has 0 aliphatic heterocycles. The first-order chi connectivity index (χ1) is 10.3. The molecule has 2 aromatic heterocycles. The van der Waals surface area contributed by atoms with E-state index < -0.39 is 0 Å². The summed E-state index contributed by atoms with van der Waals surface area (Å²) >= 11 is 5.92. The van der Waals surface area contributed by atoms with Gasteiger partial charge in [-0.05, 0) is 42.8 Å². The first-order valence-electron chi connectivity index (χ1n) is 6.89. The largest absolute Gasteiger partial charge is 0.494 e. The number of halogens is 1. The summed E-state index contributed by atoms with van der Waals surface area (Å²) < 4.78 is 7.28. The van der Waals surface area contributed by atoms with E-state index in [9.17, 15) is 0 Å². The minimum Gasteiger partial charge on any atom is -0.494 e. The Labute approximate surface area is 127 Å². The molecule has 2 heterocycles. The Morgan fingerprint density at radius 3 is 2.67 bits per heavy atom. The standard InChI is InChI=1S/C15H15ClN4O/c1-2-3-10-21-12-6-4-11(5-7-12)15-18-17-14-9-8-13(16)19-20(14)15/h4-9H,2-3,10H2,1H3. The second-order valence-electron chi connectivity index (χ2n) is 4.68. The first-order valence-corrected chi connectivity index (χ1v) is 7.27. The normalized spacial score (nSPS) is 11.0. The zero-order valence-corrected chi connectivity index (χ0v) is 12.4. The number of unbranched alkanes of at least 4 members (excludes halogenated alkanes) is 1. The number of nitrogens with zero attached hydrogens (tertiary/aromatic N) is 4. The average Bonchev–Trinajstić information content (AvgIpc) is 2.91. The van der Waals surface area contributed by atoms with Crippen molar-refractivity contribution in [2.24, 2.45) is 0 Å². The Hall–Kier alpha value is -2.14. The van der Waals surface area contributed by atoms with Gasteiger partial charge in [0.15, 0.2) is 11.5 Å². The van der Waals surface area contributed by atoms with Gasteiger partial charge in [-0.15, -0.1) is 10.2 Å². The van der Waals surface area contributed by atoms with Gasteiger partial charge < -0.3 is 4.74 Å². The van der Waals surface area contributed by atoms with E-state index in [-0.39, 0.29) is 0 Å². The van der Waals surface area contributed by atoms with Crippen molar-refractivity contribution in [1.82, 2.24) is 19.8 Å². The van der Waals surface area contributed by atoms with Gasteiger partial charge in [-0.25, -0.2) is 0 Å². The number of rotatable bonds is 5. The predicted molar refractivity (Wildman–Crippen MR) is 81.6 cm³/mol. The minimum absolute atomic E-state index is 0.406. The van der Waals surface area contributed by atoms with E-state index in [2.05, 4.69) is 22.2 Å². The van der Waals surface area contributed by atoms with Gasteiger partial charge in [-0.3, -0.25) is 0 Å². The molecule has 0 saturated heterocycles. The Morgan fingerprint density at radius 1 is 1.10 bits per heavy atom. The van der Waals surface area contributed by atoms with Crippen LogP contribution in [0.25, 0.3) is 17.0 Å². The summed E-state index contributed by atoms with van der Waals surface area (Å²) in [4.78, 5) is 0. The lowest BCUT2D eigenvalue weighted by Crippen LogP contribution is -1.97. The van der Waals surface area contributed by atoms with Gasteiger partial charge in [0.05, 0.1) is 6.61 Å². The molecule has 1 aromatic carbocycles. The Bertz CT molecular complexity index is 739. The van der Waals surface area contributed by atoms with E-state index in [1.54, 1.807) is 16.6 Å². The van der Waals surface area contributed by atoms with Crippen LogP contribution in [0.5, 0.6) is 5.75 Å². The van der Waals surface area contributed by atoms with Crippen molar-refractivity contribution in [1.29, 1.82) is 0 Å². The van der Waals surface area contributed by atoms with Crippen LogP contribution in [0.3, 0.4) is 0 Å². The monoisotopic (exact) mass is 302 g/mol. The van der Waals surface area contributed by atoms with Gasteiger partial charge in [-0.2, -0.15) is 9.61 Å². The second-order valence-corrected chi connectivity index (χ2v) is 5.06. The van der Waals surface area contributed by atoms with Crippen LogP contribution in [0.1, 0.15) is 19.8 Å². The number of hydrogen-bond donors (Lipinski definition) is 0. The fourth-order valence-corrected chi connectivity index (χ4v) is 2.12. The molecule has 0 N–H and O–H groups in total. The van der Waals surface area contributed by atoms with E-state index in [0.717, 1.165) is 30.8 Å². The molecule has 0 unspecified atom stereocenters. The highest BCUT2D eigenvalue weighted by Crippen LogP contribution is 2.21. The number of ether oxygens (including phenoxy) is 1. The summed E-state index contributed by atoms with van der Waals surface area (Å²) in [6.45, 7) is 2.88. The van der Waals surface area contributed by atoms with E-state index >= 15 is 0 Å². The summed E-state index contributed by atoms with van der Waals surface area (Å²) in [5.74, 6) is 1.51. The molecule has 0 spiro atoms. The number of aromatic nitrogens is 4. The lowest BCUT2D eigenvalue weighted by atomic mass is 10.2. The van der Waals surface area contributed by atoms with E-state index in [0.29, 0.717) is 16.6 Å². The third-order valence-electron chi connectivity index (χ3n) is 3.11. The number of fused-ring (bicyclic) bond motifs is 1. The third kappa shape index (κ3) is 2.97. The van der Waals surface area contributed by atoms with Gasteiger partial charge in [0.25, 0.3) is 0 Å². The molecule has 3 aromatic rings. The molecule has 6 heteroatoms. The lowest BCUT2D eigenvalue weighted by molar-refractivity contribution is 0.309. The average molecular weight is 303 g/mol. The van der Waals surface area contributed by atoms with E-state index in [1.807, 2.05) is 24.3 Å². The zero-order chi connectivity index (χ0) is 14.7. The minimum atomic E-state index is 0.406. The van der Waals surface area contributed by atoms with Crippen LogP contribution < -0.4 is 4.74 Å². The fourth-order valence-electron chi connectivity index (χ4n) is 1.98. The molecule has 0 saturated carbocycles. The fraction of sp³-hybridized carbons (Fsp3) is 0.267. The summed E-state index contributed by atoms with van der Waals surface area (Å²) in [5.41, 5.74) is 1.58. The van der Waals surface area contributed by atoms with E-state index in [4.69, 9.17) is 16.3 Å². The van der Waals surface area contributed by atoms with Gasteiger partial charge in [-0.1, -0.05) is 24.9 Å². The van der Waals surface area contributed by atoms with Crippen molar-refractivity contribution < 1.29 is 4.74 Å². The summed E-state index contributed by atoms with van der Waals surface area (Å²) in [6.07, 6.45) is 2.18. The molecule has 0 aliphatic carbocycles. The molecule has 5 nitrogen and oxygen atoms in total. The molecule has 0 fully saturated rings. The van der Waals surface area contributed by atoms with E-state index in [1.165, 1.54) is 0 Å². The molecule has 3 rings (SSSR count). The quantitative estimate of drug-likeness (QED) is 0.675. The smallest absolute Gasteiger partial charge is 0.185 e. The van der Waals surface area contributed by atoms with Gasteiger partial charge in [0, 0.05) is 5.56 Å². The van der Waals surface area contributed by atoms with Crippen LogP contribution in [0.2, 0.25) is 5.15 Å². The molecular weight excluding hydrogens is 288 g/mol. The zero-order valence-electron chi connectivity index (χ0n) is 11.7. The van der Waals surface area contributed by atoms with Crippen molar-refractivity contribution >= 4 is 17.2 Å². The van der Waals surface area contributed by atoms with Crippen LogP contribution >= 0.6 is 11.6 Å². The first kappa shape index (κ1) is 13.8. The Morgan fingerprint density at radius 2 is 1.90 bits per heavy atom. The van der Waals surface area contributed by atoms with Gasteiger partial charge >= 0.3 is 0 Å². The van der Waals surface area contributed by atoms with Crippen molar-refractivity contribution in [2.45, 2.75) is 19.8 Å². The maximum atomic E-state index is 5.92. The van der Waals surface area contributed by atoms with Crippen molar-refractivity contribution in [3.05, 3.63) is 41.6 Å². The highest BCUT2D eigenvalue weighted by Gasteiger charge is 2.09. The second kappa shape index (κ2) is 6.10. The maximum absolute atomic E-state index is 5.92. The molecule has 0 bridgehead atoms. The molecule has 108 valence electrons. The summed E-state index contributed by atoms with van der Waals surface area (Å²) in [5, 5.41) is 12.9. The van der Waals surface area contributed by atoms with Crippen molar-refractivity contribution in [3.8, 4) is 17.1 Å². The highest BCUT2D eigenvalue weighted by atomic mass is 35.5. The van der Waals surface area contributed by atoms with Crippen molar-refractivity contribution in [3.63, 3.8) is 0 Å². The lowest BCUT2D eigenvalue weighted by Gasteiger charge is -2.05. The molecule has 21 heavy (non-hydrogen) atoms. The number of benzene rings is 1. The molecular formula is C15H15ClN4O. The van der Waals surface area contributed by atoms with Crippen LogP contribution in [-0.2, 0) is 0 Å². The van der Waals surface area contributed by atoms with Crippen LogP contribution in [-0.4, -0.2) is 26.4 Å².